The van der Waals surface area contributed by atoms with E-state index < -0.39 is 10.0 Å². The van der Waals surface area contributed by atoms with Crippen molar-refractivity contribution in [3.63, 3.8) is 0 Å². The maximum absolute atomic E-state index is 12.7. The Kier molecular flexibility index (Phi) is 3.94. The first-order valence-electron chi connectivity index (χ1n) is 6.57. The van der Waals surface area contributed by atoms with Crippen molar-refractivity contribution < 1.29 is 8.42 Å². The van der Waals surface area contributed by atoms with Crippen LogP contribution in [-0.2, 0) is 10.0 Å². The third kappa shape index (κ3) is 2.99. The fourth-order valence-corrected chi connectivity index (χ4v) is 3.97. The van der Waals surface area contributed by atoms with Gasteiger partial charge in [-0.3, -0.25) is 14.4 Å². The zero-order valence-electron chi connectivity index (χ0n) is 12.3. The number of aromatic amines is 1. The Labute approximate surface area is 141 Å². The molecule has 0 bridgehead atoms. The number of rotatable bonds is 4. The molecule has 2 heterocycles. The van der Waals surface area contributed by atoms with E-state index in [9.17, 15) is 8.42 Å². The van der Waals surface area contributed by atoms with E-state index in [-0.39, 0.29) is 4.90 Å². The molecule has 2 aromatic heterocycles. The lowest BCUT2D eigenvalue weighted by Crippen LogP contribution is -2.15. The summed E-state index contributed by atoms with van der Waals surface area (Å²) in [6.45, 7) is 3.47. The second kappa shape index (κ2) is 5.78. The van der Waals surface area contributed by atoms with Gasteiger partial charge in [0.25, 0.3) is 10.0 Å². The fraction of sp³-hybridized carbons (Fsp3) is 0.154. The Bertz CT molecular complexity index is 949. The lowest BCUT2D eigenvalue weighted by atomic mass is 10.2. The summed E-state index contributed by atoms with van der Waals surface area (Å²) in [5.41, 5.74) is 1.58. The Morgan fingerprint density at radius 3 is 2.57 bits per heavy atom. The maximum Gasteiger partial charge on any atom is 0.262 e. The fourth-order valence-electron chi connectivity index (χ4n) is 2.14. The standard InChI is InChI=1S/C13H13BrN6O2S/c1-8-5-10(14)3-4-11(8)23(21,22)19-12-9(2)17-18-13(12)20-6-15-16-7-20/h3-7,19H,1-2H3,(H,17,18). The van der Waals surface area contributed by atoms with E-state index in [0.717, 1.165) is 4.47 Å². The number of nitrogens with one attached hydrogen (secondary N) is 2. The molecule has 0 aliphatic rings. The predicted molar refractivity (Wildman–Crippen MR) is 87.9 cm³/mol. The normalized spacial score (nSPS) is 11.6. The van der Waals surface area contributed by atoms with Crippen molar-refractivity contribution in [3.8, 4) is 5.82 Å². The monoisotopic (exact) mass is 396 g/mol. The van der Waals surface area contributed by atoms with Crippen LogP contribution >= 0.6 is 15.9 Å². The van der Waals surface area contributed by atoms with Gasteiger partial charge in [-0.25, -0.2) is 8.42 Å². The molecule has 0 radical (unpaired) electrons. The summed E-state index contributed by atoms with van der Waals surface area (Å²) in [7, 11) is -3.75. The number of aryl methyl sites for hydroxylation is 2. The Morgan fingerprint density at radius 2 is 1.91 bits per heavy atom. The number of nitrogens with zero attached hydrogens (tertiary/aromatic N) is 4. The molecular formula is C13H13BrN6O2S. The van der Waals surface area contributed by atoms with Gasteiger partial charge < -0.3 is 0 Å². The minimum Gasteiger partial charge on any atom is -0.279 e. The quantitative estimate of drug-likeness (QED) is 0.702. The van der Waals surface area contributed by atoms with Crippen LogP contribution in [0.1, 0.15) is 11.3 Å². The van der Waals surface area contributed by atoms with E-state index in [1.165, 1.54) is 17.2 Å². The van der Waals surface area contributed by atoms with Gasteiger partial charge in [0.15, 0.2) is 5.82 Å². The van der Waals surface area contributed by atoms with Crippen LogP contribution in [0.2, 0.25) is 0 Å². The summed E-state index contributed by atoms with van der Waals surface area (Å²) < 4.78 is 30.3. The lowest BCUT2D eigenvalue weighted by molar-refractivity contribution is 0.600. The number of hydrogen-bond donors (Lipinski definition) is 2. The lowest BCUT2D eigenvalue weighted by Gasteiger charge is -2.11. The summed E-state index contributed by atoms with van der Waals surface area (Å²) in [6, 6.07) is 4.98. The topological polar surface area (TPSA) is 106 Å². The Hall–Kier alpha value is -2.20. The number of halogens is 1. The highest BCUT2D eigenvalue weighted by atomic mass is 79.9. The largest absolute Gasteiger partial charge is 0.279 e. The smallest absolute Gasteiger partial charge is 0.262 e. The molecule has 0 aliphatic heterocycles. The van der Waals surface area contributed by atoms with E-state index in [4.69, 9.17) is 0 Å². The van der Waals surface area contributed by atoms with E-state index in [2.05, 4.69) is 41.0 Å². The molecule has 0 fully saturated rings. The van der Waals surface area contributed by atoms with Gasteiger partial charge in [0, 0.05) is 4.47 Å². The molecule has 0 atom stereocenters. The molecule has 8 nitrogen and oxygen atoms in total. The molecular weight excluding hydrogens is 384 g/mol. The Balaban J connectivity index is 2.03. The minimum atomic E-state index is -3.75. The molecule has 2 N–H and O–H groups in total. The molecule has 0 aliphatic carbocycles. The summed E-state index contributed by atoms with van der Waals surface area (Å²) in [5, 5.41) is 14.3. The predicted octanol–water partition coefficient (Wildman–Crippen LogP) is 2.17. The van der Waals surface area contributed by atoms with Gasteiger partial charge in [-0.2, -0.15) is 5.10 Å². The molecule has 10 heteroatoms. The molecule has 0 spiro atoms. The second-order valence-electron chi connectivity index (χ2n) is 4.93. The van der Waals surface area contributed by atoms with Gasteiger partial charge in [-0.05, 0) is 37.6 Å². The van der Waals surface area contributed by atoms with Gasteiger partial charge >= 0.3 is 0 Å². The number of sulfonamides is 1. The zero-order chi connectivity index (χ0) is 16.6. The van der Waals surface area contributed by atoms with Gasteiger partial charge in [-0.1, -0.05) is 15.9 Å². The Morgan fingerprint density at radius 1 is 1.22 bits per heavy atom. The van der Waals surface area contributed by atoms with Crippen LogP contribution in [0.15, 0.2) is 40.2 Å². The second-order valence-corrected chi connectivity index (χ2v) is 7.50. The average molecular weight is 397 g/mol. The van der Waals surface area contributed by atoms with Crippen LogP contribution in [0, 0.1) is 13.8 Å². The van der Waals surface area contributed by atoms with Crippen LogP contribution < -0.4 is 4.72 Å². The van der Waals surface area contributed by atoms with E-state index in [0.29, 0.717) is 22.8 Å². The number of H-pyrrole nitrogens is 1. The molecule has 0 amide bonds. The average Bonchev–Trinajstić information content (AvgIpc) is 3.09. The number of aromatic nitrogens is 5. The summed E-state index contributed by atoms with van der Waals surface area (Å²) in [4.78, 5) is 0.205. The third-order valence-corrected chi connectivity index (χ3v) is 5.26. The first-order valence-corrected chi connectivity index (χ1v) is 8.85. The van der Waals surface area contributed by atoms with Gasteiger partial charge in [0.2, 0.25) is 0 Å². The van der Waals surface area contributed by atoms with E-state index in [1.807, 2.05) is 0 Å². The molecule has 120 valence electrons. The van der Waals surface area contributed by atoms with Crippen LogP contribution in [0.4, 0.5) is 5.69 Å². The number of hydrogen-bond acceptors (Lipinski definition) is 5. The van der Waals surface area contributed by atoms with Crippen molar-refractivity contribution in [2.75, 3.05) is 4.72 Å². The summed E-state index contributed by atoms with van der Waals surface area (Å²) in [5.74, 6) is 0.380. The number of benzene rings is 1. The van der Waals surface area contributed by atoms with Gasteiger partial charge in [0.1, 0.15) is 18.3 Å². The molecule has 0 saturated carbocycles. The van der Waals surface area contributed by atoms with Crippen molar-refractivity contribution in [1.82, 2.24) is 25.0 Å². The van der Waals surface area contributed by atoms with E-state index >= 15 is 0 Å². The maximum atomic E-state index is 12.7. The molecule has 3 rings (SSSR count). The first-order chi connectivity index (χ1) is 10.9. The van der Waals surface area contributed by atoms with Crippen LogP contribution in [0.3, 0.4) is 0 Å². The van der Waals surface area contributed by atoms with Gasteiger partial charge in [0.05, 0.1) is 10.6 Å². The number of anilines is 1. The highest BCUT2D eigenvalue weighted by Gasteiger charge is 2.22. The van der Waals surface area contributed by atoms with Crippen molar-refractivity contribution in [1.29, 1.82) is 0 Å². The molecule has 23 heavy (non-hydrogen) atoms. The van der Waals surface area contributed by atoms with Crippen LogP contribution in [-0.4, -0.2) is 33.4 Å². The van der Waals surface area contributed by atoms with Crippen molar-refractivity contribution in [2.45, 2.75) is 18.7 Å². The summed E-state index contributed by atoms with van der Waals surface area (Å²) in [6.07, 6.45) is 2.89. The highest BCUT2D eigenvalue weighted by Crippen LogP contribution is 2.27. The van der Waals surface area contributed by atoms with Crippen molar-refractivity contribution in [2.24, 2.45) is 0 Å². The zero-order valence-corrected chi connectivity index (χ0v) is 14.7. The molecule has 0 unspecified atom stereocenters. The van der Waals surface area contributed by atoms with Crippen molar-refractivity contribution in [3.05, 3.63) is 46.6 Å². The SMILES string of the molecule is Cc1cc(Br)ccc1S(=O)(=O)Nc1c(-n2cnnc2)n[nH]c1C. The minimum absolute atomic E-state index is 0.205. The first kappa shape index (κ1) is 15.7. The molecule has 1 aromatic carbocycles. The van der Waals surface area contributed by atoms with Crippen molar-refractivity contribution >= 4 is 31.6 Å². The van der Waals surface area contributed by atoms with Gasteiger partial charge in [-0.15, -0.1) is 10.2 Å². The van der Waals surface area contributed by atoms with E-state index in [1.54, 1.807) is 32.0 Å². The highest BCUT2D eigenvalue weighted by molar-refractivity contribution is 9.10. The van der Waals surface area contributed by atoms with Crippen LogP contribution in [0.5, 0.6) is 0 Å². The molecule has 3 aromatic rings. The third-order valence-electron chi connectivity index (χ3n) is 3.25. The van der Waals surface area contributed by atoms with Crippen LogP contribution in [0.25, 0.3) is 5.82 Å². The summed E-state index contributed by atoms with van der Waals surface area (Å²) >= 11 is 3.33. The molecule has 0 saturated heterocycles.